The molecule has 2 aromatic carbocycles. The molecule has 0 amide bonds. The lowest BCUT2D eigenvalue weighted by Crippen LogP contribution is -2.03. The molecule has 0 aliphatic heterocycles. The molecule has 3 aromatic heterocycles. The number of aryl methyl sites for hydroxylation is 3. The molecule has 0 saturated carbocycles. The molecule has 0 aliphatic carbocycles. The van der Waals surface area contributed by atoms with Crippen molar-refractivity contribution in [1.29, 1.82) is 0 Å². The lowest BCUT2D eigenvalue weighted by atomic mass is 9.99. The fraction of sp³-hybridized carbons (Fsp3) is 0.217. The van der Waals surface area contributed by atoms with E-state index in [2.05, 4.69) is 67.4 Å². The van der Waals surface area contributed by atoms with E-state index < -0.39 is 0 Å². The Labute approximate surface area is 179 Å². The van der Waals surface area contributed by atoms with E-state index >= 15 is 0 Å². The van der Waals surface area contributed by atoms with Gasteiger partial charge in [0.15, 0.2) is 5.65 Å². The van der Waals surface area contributed by atoms with Crippen LogP contribution in [-0.4, -0.2) is 40.1 Å². The molecular weight excluding hydrogens is 388 g/mol. The normalized spacial score (nSPS) is 11.3. The number of aromatic nitrogens is 8. The van der Waals surface area contributed by atoms with Crippen LogP contribution >= 0.6 is 0 Å². The number of fused-ring (bicyclic) bond motifs is 1. The summed E-state index contributed by atoms with van der Waals surface area (Å²) < 4.78 is 2.15. The van der Waals surface area contributed by atoms with Crippen molar-refractivity contribution in [3.8, 4) is 28.2 Å². The Bertz CT molecular complexity index is 1350. The summed E-state index contributed by atoms with van der Waals surface area (Å²) in [6.07, 6.45) is 1.88. The Morgan fingerprint density at radius 1 is 0.903 bits per heavy atom. The second-order valence-electron chi connectivity index (χ2n) is 7.47. The van der Waals surface area contributed by atoms with Gasteiger partial charge in [-0.1, -0.05) is 43.3 Å². The molecule has 0 unspecified atom stereocenters. The summed E-state index contributed by atoms with van der Waals surface area (Å²) in [6.45, 7) is 6.06. The van der Waals surface area contributed by atoms with Gasteiger partial charge in [0.2, 0.25) is 5.82 Å². The largest absolute Gasteiger partial charge is 0.281 e. The van der Waals surface area contributed by atoms with Crippen LogP contribution in [0.15, 0.2) is 48.5 Å². The first-order valence-corrected chi connectivity index (χ1v) is 10.3. The van der Waals surface area contributed by atoms with Crippen molar-refractivity contribution in [1.82, 2.24) is 40.1 Å². The van der Waals surface area contributed by atoms with Crippen LogP contribution in [0.2, 0.25) is 0 Å². The quantitative estimate of drug-likeness (QED) is 0.465. The van der Waals surface area contributed by atoms with Crippen molar-refractivity contribution in [2.75, 3.05) is 0 Å². The fourth-order valence-electron chi connectivity index (χ4n) is 3.94. The molecule has 0 fully saturated rings. The van der Waals surface area contributed by atoms with Crippen LogP contribution in [-0.2, 0) is 6.42 Å². The molecule has 0 atom stereocenters. The van der Waals surface area contributed by atoms with Crippen molar-refractivity contribution in [3.63, 3.8) is 0 Å². The van der Waals surface area contributed by atoms with Crippen molar-refractivity contribution in [2.45, 2.75) is 33.6 Å². The van der Waals surface area contributed by atoms with Crippen LogP contribution in [0.3, 0.4) is 0 Å². The van der Waals surface area contributed by atoms with E-state index in [1.54, 1.807) is 0 Å². The summed E-state index contributed by atoms with van der Waals surface area (Å²) in [6, 6.07) is 16.5. The number of hydrogen-bond acceptors (Lipinski definition) is 6. The van der Waals surface area contributed by atoms with E-state index in [1.165, 1.54) is 0 Å². The van der Waals surface area contributed by atoms with E-state index in [1.807, 2.05) is 32.0 Å². The van der Waals surface area contributed by atoms with Gasteiger partial charge in [0.25, 0.3) is 0 Å². The minimum Gasteiger partial charge on any atom is -0.281 e. The molecule has 0 spiro atoms. The number of tetrazole rings is 1. The van der Waals surface area contributed by atoms with Gasteiger partial charge in [0.05, 0.1) is 5.69 Å². The van der Waals surface area contributed by atoms with E-state index in [-0.39, 0.29) is 0 Å². The van der Waals surface area contributed by atoms with Crippen LogP contribution in [0.5, 0.6) is 0 Å². The first kappa shape index (κ1) is 19.0. The van der Waals surface area contributed by atoms with E-state index in [0.29, 0.717) is 5.82 Å². The maximum absolute atomic E-state index is 4.86. The first-order chi connectivity index (χ1) is 15.2. The minimum atomic E-state index is 0.577. The van der Waals surface area contributed by atoms with Crippen molar-refractivity contribution in [2.24, 2.45) is 0 Å². The average Bonchev–Trinajstić information content (AvgIpc) is 3.43. The van der Waals surface area contributed by atoms with Crippen molar-refractivity contribution in [3.05, 3.63) is 65.9 Å². The highest BCUT2D eigenvalue weighted by molar-refractivity contribution is 5.81. The molecule has 8 heteroatoms. The van der Waals surface area contributed by atoms with Gasteiger partial charge in [-0.2, -0.15) is 5.21 Å². The Hall–Kier alpha value is -3.94. The number of nitrogens with one attached hydrogen (secondary N) is 1. The molecule has 0 saturated heterocycles. The zero-order chi connectivity index (χ0) is 21.4. The zero-order valence-electron chi connectivity index (χ0n) is 17.7. The third kappa shape index (κ3) is 3.35. The number of nitrogens with zero attached hydrogens (tertiary/aromatic N) is 7. The smallest absolute Gasteiger partial charge is 0.205 e. The van der Waals surface area contributed by atoms with Crippen LogP contribution in [0, 0.1) is 13.8 Å². The SMILES string of the molecule is CCCc1nc2c(C)nc(C)nc2n1-c1ccc(-c2ccccc2-c2nn[nH]n2)cc1. The van der Waals surface area contributed by atoms with E-state index in [4.69, 9.17) is 9.97 Å². The number of aromatic amines is 1. The molecular formula is C23H22N8. The fourth-order valence-corrected chi connectivity index (χ4v) is 3.94. The molecule has 3 heterocycles. The summed E-state index contributed by atoms with van der Waals surface area (Å²) in [5.74, 6) is 2.33. The summed E-state index contributed by atoms with van der Waals surface area (Å²) >= 11 is 0. The Kier molecular flexibility index (Phi) is 4.74. The zero-order valence-corrected chi connectivity index (χ0v) is 17.7. The lowest BCUT2D eigenvalue weighted by Gasteiger charge is -2.11. The average molecular weight is 410 g/mol. The predicted octanol–water partition coefficient (Wildman–Crippen LogP) is 4.23. The monoisotopic (exact) mass is 410 g/mol. The number of hydrogen-bond donors (Lipinski definition) is 1. The Balaban J connectivity index is 1.63. The van der Waals surface area contributed by atoms with Gasteiger partial charge in [0, 0.05) is 17.7 Å². The maximum Gasteiger partial charge on any atom is 0.205 e. The Morgan fingerprint density at radius 3 is 2.39 bits per heavy atom. The lowest BCUT2D eigenvalue weighted by molar-refractivity contribution is 0.815. The molecule has 0 bridgehead atoms. The molecule has 154 valence electrons. The molecule has 1 N–H and O–H groups in total. The third-order valence-corrected chi connectivity index (χ3v) is 5.29. The molecule has 5 aromatic rings. The highest BCUT2D eigenvalue weighted by Crippen LogP contribution is 2.31. The Morgan fingerprint density at radius 2 is 1.68 bits per heavy atom. The van der Waals surface area contributed by atoms with Crippen LogP contribution in [0.1, 0.15) is 30.7 Å². The van der Waals surface area contributed by atoms with Gasteiger partial charge < -0.3 is 0 Å². The van der Waals surface area contributed by atoms with Crippen LogP contribution in [0.4, 0.5) is 0 Å². The van der Waals surface area contributed by atoms with Crippen LogP contribution in [0.25, 0.3) is 39.4 Å². The van der Waals surface area contributed by atoms with E-state index in [9.17, 15) is 0 Å². The third-order valence-electron chi connectivity index (χ3n) is 5.29. The number of H-pyrrole nitrogens is 1. The minimum absolute atomic E-state index is 0.577. The molecule has 0 aliphatic rings. The number of benzene rings is 2. The summed E-state index contributed by atoms with van der Waals surface area (Å²) in [5, 5.41) is 14.5. The van der Waals surface area contributed by atoms with Gasteiger partial charge in [-0.05, 0) is 48.7 Å². The molecule has 0 radical (unpaired) electrons. The molecule has 5 rings (SSSR count). The van der Waals surface area contributed by atoms with Crippen molar-refractivity contribution < 1.29 is 0 Å². The maximum atomic E-state index is 4.86. The van der Waals surface area contributed by atoms with Crippen molar-refractivity contribution >= 4 is 11.2 Å². The van der Waals surface area contributed by atoms with Gasteiger partial charge in [-0.3, -0.25) is 4.57 Å². The second-order valence-corrected chi connectivity index (χ2v) is 7.47. The highest BCUT2D eigenvalue weighted by Gasteiger charge is 2.17. The predicted molar refractivity (Wildman–Crippen MR) is 119 cm³/mol. The molecule has 31 heavy (non-hydrogen) atoms. The van der Waals surface area contributed by atoms with Gasteiger partial charge in [0.1, 0.15) is 17.2 Å². The summed E-state index contributed by atoms with van der Waals surface area (Å²) in [4.78, 5) is 14.1. The van der Waals surface area contributed by atoms with Gasteiger partial charge >= 0.3 is 0 Å². The summed E-state index contributed by atoms with van der Waals surface area (Å²) in [7, 11) is 0. The second kappa shape index (κ2) is 7.71. The summed E-state index contributed by atoms with van der Waals surface area (Å²) in [5.41, 5.74) is 6.71. The van der Waals surface area contributed by atoms with Gasteiger partial charge in [-0.15, -0.1) is 10.2 Å². The van der Waals surface area contributed by atoms with E-state index in [0.717, 1.165) is 63.7 Å². The highest BCUT2D eigenvalue weighted by atomic mass is 15.5. The number of rotatable bonds is 5. The topological polar surface area (TPSA) is 98.1 Å². The first-order valence-electron chi connectivity index (χ1n) is 10.3. The standard InChI is InChI=1S/C23H22N8/c1-4-7-20-26-21-14(2)24-15(3)25-23(21)31(20)17-12-10-16(11-13-17)18-8-5-6-9-19(18)22-27-29-30-28-22/h5-6,8-13H,4,7H2,1-3H3,(H,27,28,29,30). The van der Waals surface area contributed by atoms with Crippen LogP contribution < -0.4 is 0 Å². The number of imidazole rings is 1. The molecule has 8 nitrogen and oxygen atoms in total. The van der Waals surface area contributed by atoms with Gasteiger partial charge in [-0.25, -0.2) is 15.0 Å².